The minimum absolute atomic E-state index is 0.0886. The smallest absolute Gasteiger partial charge is 0.311 e. The number of nitrogens with zero attached hydrogens (tertiary/aromatic N) is 4. The molecule has 3 aromatic carbocycles. The van der Waals surface area contributed by atoms with Gasteiger partial charge in [0.05, 0.1) is 17.7 Å². The summed E-state index contributed by atoms with van der Waals surface area (Å²) in [4.78, 5) is 24.7. The van der Waals surface area contributed by atoms with Crippen molar-refractivity contribution in [2.75, 3.05) is 12.4 Å². The number of nitro benzene ring substituents is 1. The number of fused-ring (bicyclic) bond motifs is 1. The minimum atomic E-state index is -0.592. The molecule has 9 heteroatoms. The quantitative estimate of drug-likeness (QED) is 0.399. The molecule has 0 saturated carbocycles. The van der Waals surface area contributed by atoms with Crippen LogP contribution in [0.4, 0.5) is 11.4 Å². The molecule has 1 aromatic heterocycles. The number of ether oxygens (including phenoxy) is 1. The Morgan fingerprint density at radius 2 is 1.77 bits per heavy atom. The first-order valence-corrected chi connectivity index (χ1v) is 9.02. The number of hydrogen-bond acceptors (Lipinski definition) is 6. The topological polar surface area (TPSA) is 112 Å². The van der Waals surface area contributed by atoms with E-state index in [9.17, 15) is 14.9 Å². The predicted octanol–water partition coefficient (Wildman–Crippen LogP) is 3.90. The average molecular weight is 403 g/mol. The fourth-order valence-electron chi connectivity index (χ4n) is 2.96. The van der Waals surface area contributed by atoms with Crippen molar-refractivity contribution in [2.45, 2.75) is 6.92 Å². The molecule has 1 amide bonds. The maximum atomic E-state index is 12.6. The van der Waals surface area contributed by atoms with Crippen LogP contribution in [-0.2, 0) is 0 Å². The monoisotopic (exact) mass is 403 g/mol. The zero-order valence-corrected chi connectivity index (χ0v) is 16.2. The van der Waals surface area contributed by atoms with Gasteiger partial charge < -0.3 is 10.1 Å². The molecule has 0 radical (unpaired) electrons. The molecule has 1 N–H and O–H groups in total. The number of carbonyl (C=O) groups excluding carboxylic acids is 1. The average Bonchev–Trinajstić information content (AvgIpc) is 3.17. The van der Waals surface area contributed by atoms with E-state index in [0.29, 0.717) is 16.7 Å². The van der Waals surface area contributed by atoms with E-state index in [4.69, 9.17) is 4.74 Å². The van der Waals surface area contributed by atoms with Crippen LogP contribution in [0.2, 0.25) is 0 Å². The Hall–Kier alpha value is -4.27. The molecular weight excluding hydrogens is 386 g/mol. The number of hydrogen-bond donors (Lipinski definition) is 1. The number of benzene rings is 3. The van der Waals surface area contributed by atoms with Crippen molar-refractivity contribution in [3.63, 3.8) is 0 Å². The molecule has 0 unspecified atom stereocenters. The van der Waals surface area contributed by atoms with E-state index in [1.165, 1.54) is 30.1 Å². The Kier molecular flexibility index (Phi) is 4.85. The Bertz CT molecular complexity index is 1260. The molecule has 150 valence electrons. The summed E-state index contributed by atoms with van der Waals surface area (Å²) in [6.45, 7) is 2.00. The molecule has 4 aromatic rings. The van der Waals surface area contributed by atoms with Gasteiger partial charge in [-0.15, -0.1) is 10.2 Å². The first-order valence-electron chi connectivity index (χ1n) is 9.02. The fraction of sp³-hybridized carbons (Fsp3) is 0.0952. The number of rotatable bonds is 5. The molecule has 0 aliphatic rings. The van der Waals surface area contributed by atoms with E-state index in [0.717, 1.165) is 11.3 Å². The maximum Gasteiger partial charge on any atom is 0.311 e. The van der Waals surface area contributed by atoms with Gasteiger partial charge in [0, 0.05) is 17.3 Å². The third kappa shape index (κ3) is 3.68. The van der Waals surface area contributed by atoms with Crippen molar-refractivity contribution < 1.29 is 14.5 Å². The van der Waals surface area contributed by atoms with Crippen molar-refractivity contribution in [2.24, 2.45) is 0 Å². The molecule has 9 nitrogen and oxygen atoms in total. The number of methoxy groups -OCH3 is 1. The lowest BCUT2D eigenvalue weighted by Crippen LogP contribution is -2.12. The predicted molar refractivity (Wildman–Crippen MR) is 111 cm³/mol. The van der Waals surface area contributed by atoms with Gasteiger partial charge in [0.1, 0.15) is 11.0 Å². The van der Waals surface area contributed by atoms with Crippen molar-refractivity contribution in [3.8, 4) is 11.4 Å². The molecule has 0 spiro atoms. The van der Waals surface area contributed by atoms with Crippen LogP contribution in [0, 0.1) is 17.0 Å². The standard InChI is InChI=1S/C21H17N5O4/c1-13-3-7-16(8-4-13)25-23-17-9-6-15(12-18(17)24-25)22-21(27)14-5-10-20(30-2)19(11-14)26(28)29/h3-12H,1-2H3,(H,22,27). The van der Waals surface area contributed by atoms with Crippen LogP contribution >= 0.6 is 0 Å². The van der Waals surface area contributed by atoms with Crippen molar-refractivity contribution in [3.05, 3.63) is 81.9 Å². The number of carbonyl (C=O) groups is 1. The largest absolute Gasteiger partial charge is 0.490 e. The molecule has 0 fully saturated rings. The molecule has 0 aliphatic heterocycles. The van der Waals surface area contributed by atoms with Crippen LogP contribution in [-0.4, -0.2) is 32.9 Å². The molecule has 30 heavy (non-hydrogen) atoms. The molecular formula is C21H17N5O4. The van der Waals surface area contributed by atoms with Gasteiger partial charge in [0.15, 0.2) is 5.75 Å². The summed E-state index contributed by atoms with van der Waals surface area (Å²) in [5, 5.41) is 22.8. The summed E-state index contributed by atoms with van der Waals surface area (Å²) in [5.41, 5.74) is 3.62. The zero-order valence-electron chi connectivity index (χ0n) is 16.2. The van der Waals surface area contributed by atoms with Gasteiger partial charge in [-0.2, -0.15) is 4.80 Å². The van der Waals surface area contributed by atoms with Gasteiger partial charge in [0.25, 0.3) is 5.91 Å². The molecule has 0 aliphatic carbocycles. The highest BCUT2D eigenvalue weighted by atomic mass is 16.6. The summed E-state index contributed by atoms with van der Waals surface area (Å²) < 4.78 is 4.96. The Labute approximate surface area is 171 Å². The van der Waals surface area contributed by atoms with E-state index in [2.05, 4.69) is 15.5 Å². The number of aromatic nitrogens is 3. The van der Waals surface area contributed by atoms with Gasteiger partial charge in [-0.05, 0) is 49.4 Å². The maximum absolute atomic E-state index is 12.6. The SMILES string of the molecule is COc1ccc(C(=O)Nc2ccc3nn(-c4ccc(C)cc4)nc3c2)cc1[N+](=O)[O-]. The van der Waals surface area contributed by atoms with Gasteiger partial charge in [-0.3, -0.25) is 14.9 Å². The van der Waals surface area contributed by atoms with Crippen LogP contribution in [0.25, 0.3) is 16.7 Å². The second-order valence-electron chi connectivity index (χ2n) is 6.63. The Morgan fingerprint density at radius 1 is 1.03 bits per heavy atom. The third-order valence-electron chi connectivity index (χ3n) is 4.54. The minimum Gasteiger partial charge on any atom is -0.490 e. The summed E-state index contributed by atoms with van der Waals surface area (Å²) >= 11 is 0. The second kappa shape index (κ2) is 7.63. The van der Waals surface area contributed by atoms with Crippen LogP contribution in [0.1, 0.15) is 15.9 Å². The molecule has 4 rings (SSSR count). The third-order valence-corrected chi connectivity index (χ3v) is 4.54. The highest BCUT2D eigenvalue weighted by Gasteiger charge is 2.18. The molecule has 0 atom stereocenters. The lowest BCUT2D eigenvalue weighted by Gasteiger charge is -2.06. The van der Waals surface area contributed by atoms with Crippen LogP contribution in [0.3, 0.4) is 0 Å². The Morgan fingerprint density at radius 3 is 2.47 bits per heavy atom. The first kappa shape index (κ1) is 19.1. The summed E-state index contributed by atoms with van der Waals surface area (Å²) in [6.07, 6.45) is 0. The highest BCUT2D eigenvalue weighted by Crippen LogP contribution is 2.28. The van der Waals surface area contributed by atoms with Crippen molar-refractivity contribution in [1.82, 2.24) is 15.0 Å². The van der Waals surface area contributed by atoms with E-state index in [-0.39, 0.29) is 17.0 Å². The molecule has 0 bridgehead atoms. The van der Waals surface area contributed by atoms with Crippen LogP contribution in [0.15, 0.2) is 60.7 Å². The lowest BCUT2D eigenvalue weighted by molar-refractivity contribution is -0.385. The number of nitrogens with one attached hydrogen (secondary N) is 1. The Balaban J connectivity index is 1.59. The van der Waals surface area contributed by atoms with Crippen LogP contribution < -0.4 is 10.1 Å². The first-order chi connectivity index (χ1) is 14.4. The van der Waals surface area contributed by atoms with Gasteiger partial charge in [-0.25, -0.2) is 0 Å². The summed E-state index contributed by atoms with van der Waals surface area (Å²) in [6, 6.07) is 17.0. The zero-order chi connectivity index (χ0) is 21.3. The van der Waals surface area contributed by atoms with Gasteiger partial charge in [0.2, 0.25) is 0 Å². The summed E-state index contributed by atoms with van der Waals surface area (Å²) in [5.74, 6) is -0.392. The van der Waals surface area contributed by atoms with Crippen molar-refractivity contribution >= 4 is 28.3 Å². The number of anilines is 1. The highest BCUT2D eigenvalue weighted by molar-refractivity contribution is 6.05. The van der Waals surface area contributed by atoms with E-state index in [1.807, 2.05) is 31.2 Å². The second-order valence-corrected chi connectivity index (χ2v) is 6.63. The molecule has 0 saturated heterocycles. The molecule has 1 heterocycles. The van der Waals surface area contributed by atoms with Crippen LogP contribution in [0.5, 0.6) is 5.75 Å². The van der Waals surface area contributed by atoms with Gasteiger partial charge in [-0.1, -0.05) is 17.7 Å². The van der Waals surface area contributed by atoms with E-state index >= 15 is 0 Å². The van der Waals surface area contributed by atoms with E-state index in [1.54, 1.807) is 18.2 Å². The fourth-order valence-corrected chi connectivity index (χ4v) is 2.96. The van der Waals surface area contributed by atoms with Crippen molar-refractivity contribution in [1.29, 1.82) is 0 Å². The number of nitro groups is 1. The summed E-state index contributed by atoms with van der Waals surface area (Å²) in [7, 11) is 1.33. The van der Waals surface area contributed by atoms with E-state index < -0.39 is 10.8 Å². The van der Waals surface area contributed by atoms with Gasteiger partial charge >= 0.3 is 5.69 Å². The number of amides is 1. The normalized spacial score (nSPS) is 10.7. The number of aryl methyl sites for hydroxylation is 1. The lowest BCUT2D eigenvalue weighted by atomic mass is 10.1.